The highest BCUT2D eigenvalue weighted by molar-refractivity contribution is 5.92. The fraction of sp³-hybridized carbons (Fsp3) is 0.385. The number of hydroxylamine groups is 2. The van der Waals surface area contributed by atoms with Crippen molar-refractivity contribution in [3.8, 4) is 11.1 Å². The van der Waals surface area contributed by atoms with Crippen LogP contribution in [0.2, 0.25) is 0 Å². The minimum absolute atomic E-state index is 0.0563. The fourth-order valence-electron chi connectivity index (χ4n) is 5.82. The van der Waals surface area contributed by atoms with Crippen molar-refractivity contribution in [2.75, 3.05) is 13.2 Å². The standard InChI is InChI=1S/C39H47N3O7/c1-7-8-22-49-42(35(26(4)5)36(43)41-34(25(2)3)38(45)47-23-28-16-10-9-11-17-28)37(44)27(6)40-39(46)48-24-33-31-20-14-12-18-29(31)30-19-13-15-21-32(30)33/h7,9-21,25-27,33-35H,1,8,22-24H2,2-6H3,(H,40,46)(H,41,43)/t27-,34-,35+/m0/s1. The molecule has 0 saturated heterocycles. The number of rotatable bonds is 16. The molecule has 0 fully saturated rings. The fourth-order valence-corrected chi connectivity index (χ4v) is 5.82. The van der Waals surface area contributed by atoms with Crippen LogP contribution in [-0.4, -0.2) is 60.3 Å². The number of carbonyl (C=O) groups excluding carboxylic acids is 4. The zero-order valence-electron chi connectivity index (χ0n) is 28.9. The van der Waals surface area contributed by atoms with Crippen molar-refractivity contribution in [3.63, 3.8) is 0 Å². The number of nitrogens with zero attached hydrogens (tertiary/aromatic N) is 1. The van der Waals surface area contributed by atoms with Crippen molar-refractivity contribution in [2.45, 2.75) is 71.7 Å². The van der Waals surface area contributed by atoms with Crippen LogP contribution in [0.3, 0.4) is 0 Å². The highest BCUT2D eigenvalue weighted by Crippen LogP contribution is 2.44. The van der Waals surface area contributed by atoms with Crippen LogP contribution >= 0.6 is 0 Å². The van der Waals surface area contributed by atoms with Gasteiger partial charge in [-0.25, -0.2) is 14.7 Å². The molecule has 3 amide bonds. The number of benzene rings is 3. The van der Waals surface area contributed by atoms with Gasteiger partial charge in [0, 0.05) is 5.92 Å². The molecule has 0 radical (unpaired) electrons. The lowest BCUT2D eigenvalue weighted by Crippen LogP contribution is -2.59. The number of hydrogen-bond donors (Lipinski definition) is 2. The number of ether oxygens (including phenoxy) is 2. The van der Waals surface area contributed by atoms with Gasteiger partial charge in [0.15, 0.2) is 0 Å². The number of alkyl carbamates (subject to hydrolysis) is 1. The topological polar surface area (TPSA) is 123 Å². The summed E-state index contributed by atoms with van der Waals surface area (Å²) >= 11 is 0. The van der Waals surface area contributed by atoms with E-state index in [4.69, 9.17) is 14.3 Å². The summed E-state index contributed by atoms with van der Waals surface area (Å²) in [6, 6.07) is 22.0. The lowest BCUT2D eigenvalue weighted by atomic mass is 9.98. The Hall–Kier alpha value is -4.96. The van der Waals surface area contributed by atoms with Crippen LogP contribution in [0.25, 0.3) is 11.1 Å². The van der Waals surface area contributed by atoms with Crippen molar-refractivity contribution in [3.05, 3.63) is 108 Å². The minimum atomic E-state index is -1.13. The second-order valence-electron chi connectivity index (χ2n) is 12.8. The molecule has 3 aromatic rings. The second-order valence-corrected chi connectivity index (χ2v) is 12.8. The molecule has 260 valence electrons. The number of esters is 1. The van der Waals surface area contributed by atoms with E-state index < -0.39 is 47.9 Å². The SMILES string of the molecule is C=CCCON(C(=O)[C@H](C)NC(=O)OCC1c2ccccc2-c2ccccc21)[C@@H](C(=O)N[C@H](C(=O)OCc1ccccc1)C(C)C)C(C)C. The van der Waals surface area contributed by atoms with E-state index in [0.717, 1.165) is 32.9 Å². The van der Waals surface area contributed by atoms with E-state index in [9.17, 15) is 19.2 Å². The number of nitrogens with one attached hydrogen (secondary N) is 2. The van der Waals surface area contributed by atoms with Gasteiger partial charge in [0.05, 0.1) is 6.61 Å². The molecule has 1 aliphatic rings. The van der Waals surface area contributed by atoms with Gasteiger partial charge in [0.2, 0.25) is 5.91 Å². The number of hydrogen-bond acceptors (Lipinski definition) is 7. The largest absolute Gasteiger partial charge is 0.459 e. The van der Waals surface area contributed by atoms with E-state index in [2.05, 4.69) is 17.2 Å². The second kappa shape index (κ2) is 17.4. The van der Waals surface area contributed by atoms with Crippen LogP contribution in [0.5, 0.6) is 0 Å². The predicted molar refractivity (Wildman–Crippen MR) is 187 cm³/mol. The van der Waals surface area contributed by atoms with Gasteiger partial charge < -0.3 is 20.1 Å². The first-order valence-corrected chi connectivity index (χ1v) is 16.7. The van der Waals surface area contributed by atoms with Gasteiger partial charge in [-0.2, -0.15) is 0 Å². The first-order chi connectivity index (χ1) is 23.5. The zero-order chi connectivity index (χ0) is 35.5. The van der Waals surface area contributed by atoms with Gasteiger partial charge in [-0.3, -0.25) is 14.4 Å². The Morgan fingerprint density at radius 2 is 1.39 bits per heavy atom. The molecule has 0 bridgehead atoms. The molecule has 0 saturated carbocycles. The minimum Gasteiger partial charge on any atom is -0.459 e. The van der Waals surface area contributed by atoms with E-state index in [0.29, 0.717) is 6.42 Å². The molecule has 0 spiro atoms. The summed E-state index contributed by atoms with van der Waals surface area (Å²) in [5.41, 5.74) is 5.15. The number of fused-ring (bicyclic) bond motifs is 3. The lowest BCUT2D eigenvalue weighted by Gasteiger charge is -2.35. The van der Waals surface area contributed by atoms with E-state index in [-0.39, 0.29) is 31.7 Å². The third-order valence-electron chi connectivity index (χ3n) is 8.41. The molecule has 1 aliphatic carbocycles. The Morgan fingerprint density at radius 3 is 1.96 bits per heavy atom. The van der Waals surface area contributed by atoms with Crippen molar-refractivity contribution in [1.82, 2.24) is 15.7 Å². The third kappa shape index (κ3) is 9.35. The van der Waals surface area contributed by atoms with Crippen LogP contribution in [0, 0.1) is 11.8 Å². The summed E-state index contributed by atoms with van der Waals surface area (Å²) in [6.45, 7) is 12.5. The number of carbonyl (C=O) groups is 4. The summed E-state index contributed by atoms with van der Waals surface area (Å²) in [6.07, 6.45) is 1.26. The highest BCUT2D eigenvalue weighted by atomic mass is 16.7. The van der Waals surface area contributed by atoms with Gasteiger partial charge in [-0.1, -0.05) is 113 Å². The van der Waals surface area contributed by atoms with Crippen LogP contribution in [0.15, 0.2) is 91.5 Å². The molecule has 4 rings (SSSR count). The maximum absolute atomic E-state index is 13.9. The molecule has 10 nitrogen and oxygen atoms in total. The zero-order valence-corrected chi connectivity index (χ0v) is 28.9. The van der Waals surface area contributed by atoms with Gasteiger partial charge in [0.25, 0.3) is 5.91 Å². The van der Waals surface area contributed by atoms with Crippen LogP contribution in [0.4, 0.5) is 4.79 Å². The Kier molecular flexibility index (Phi) is 13.1. The van der Waals surface area contributed by atoms with E-state index in [1.165, 1.54) is 6.92 Å². The third-order valence-corrected chi connectivity index (χ3v) is 8.41. The van der Waals surface area contributed by atoms with Crippen molar-refractivity contribution >= 4 is 23.9 Å². The average Bonchev–Trinajstić information content (AvgIpc) is 3.41. The van der Waals surface area contributed by atoms with Crippen LogP contribution in [-0.2, 0) is 35.3 Å². The normalized spacial score (nSPS) is 13.9. The smallest absolute Gasteiger partial charge is 0.407 e. The maximum Gasteiger partial charge on any atom is 0.407 e. The first kappa shape index (κ1) is 36.9. The van der Waals surface area contributed by atoms with Crippen molar-refractivity contribution in [1.29, 1.82) is 0 Å². The summed E-state index contributed by atoms with van der Waals surface area (Å²) in [5, 5.41) is 6.38. The summed E-state index contributed by atoms with van der Waals surface area (Å²) in [7, 11) is 0. The molecule has 3 aromatic carbocycles. The Bertz CT molecular complexity index is 1560. The Morgan fingerprint density at radius 1 is 0.796 bits per heavy atom. The maximum atomic E-state index is 13.9. The van der Waals surface area contributed by atoms with Gasteiger partial charge in [0.1, 0.15) is 31.3 Å². The van der Waals surface area contributed by atoms with Gasteiger partial charge in [-0.15, -0.1) is 6.58 Å². The molecule has 0 heterocycles. The molecule has 10 heteroatoms. The molecular formula is C39H47N3O7. The molecule has 49 heavy (non-hydrogen) atoms. The monoisotopic (exact) mass is 669 g/mol. The highest BCUT2D eigenvalue weighted by Gasteiger charge is 2.39. The molecule has 3 atom stereocenters. The van der Waals surface area contributed by atoms with E-state index in [1.807, 2.05) is 78.9 Å². The van der Waals surface area contributed by atoms with Gasteiger partial charge in [-0.05, 0) is 53.0 Å². The van der Waals surface area contributed by atoms with Crippen LogP contribution in [0.1, 0.15) is 63.6 Å². The number of amides is 3. The first-order valence-electron chi connectivity index (χ1n) is 16.7. The molecule has 0 aliphatic heterocycles. The van der Waals surface area contributed by atoms with Gasteiger partial charge >= 0.3 is 12.1 Å². The summed E-state index contributed by atoms with van der Waals surface area (Å²) < 4.78 is 11.2. The molecular weight excluding hydrogens is 622 g/mol. The van der Waals surface area contributed by atoms with Crippen LogP contribution < -0.4 is 10.6 Å². The van der Waals surface area contributed by atoms with E-state index >= 15 is 0 Å². The summed E-state index contributed by atoms with van der Waals surface area (Å²) in [5.74, 6) is -2.72. The average molecular weight is 670 g/mol. The Labute approximate surface area is 288 Å². The van der Waals surface area contributed by atoms with Crippen molar-refractivity contribution in [2.24, 2.45) is 11.8 Å². The molecule has 0 unspecified atom stereocenters. The quantitative estimate of drug-likeness (QED) is 0.0811. The Balaban J connectivity index is 1.43. The summed E-state index contributed by atoms with van der Waals surface area (Å²) in [4.78, 5) is 59.7. The molecule has 0 aromatic heterocycles. The molecule has 2 N–H and O–H groups in total. The predicted octanol–water partition coefficient (Wildman–Crippen LogP) is 6.16. The van der Waals surface area contributed by atoms with E-state index in [1.54, 1.807) is 33.8 Å². The lowest BCUT2D eigenvalue weighted by molar-refractivity contribution is -0.207. The van der Waals surface area contributed by atoms with Crippen molar-refractivity contribution < 1.29 is 33.5 Å².